The van der Waals surface area contributed by atoms with Crippen LogP contribution < -0.4 is 11.1 Å². The van der Waals surface area contributed by atoms with Gasteiger partial charge in [0.2, 0.25) is 0 Å². The first-order chi connectivity index (χ1) is 7.86. The number of carboxylic acids is 1. The maximum absolute atomic E-state index is 11.8. The molecule has 0 saturated carbocycles. The highest BCUT2D eigenvalue weighted by atomic mass is 16.4. The van der Waals surface area contributed by atoms with Gasteiger partial charge in [0.15, 0.2) is 0 Å². The lowest BCUT2D eigenvalue weighted by Crippen LogP contribution is -2.45. The molecule has 1 aliphatic heterocycles. The van der Waals surface area contributed by atoms with E-state index in [1.54, 1.807) is 18.7 Å². The highest BCUT2D eigenvalue weighted by molar-refractivity contribution is 5.77. The Balaban J connectivity index is 2.38. The van der Waals surface area contributed by atoms with Crippen molar-refractivity contribution in [2.24, 2.45) is 17.1 Å². The Kier molecular flexibility index (Phi) is 4.34. The van der Waals surface area contributed by atoms with Crippen LogP contribution >= 0.6 is 0 Å². The average molecular weight is 243 g/mol. The second-order valence-electron chi connectivity index (χ2n) is 5.18. The van der Waals surface area contributed by atoms with Gasteiger partial charge in [-0.25, -0.2) is 4.79 Å². The van der Waals surface area contributed by atoms with Gasteiger partial charge in [-0.1, -0.05) is 0 Å². The van der Waals surface area contributed by atoms with Crippen molar-refractivity contribution < 1.29 is 14.7 Å². The first-order valence-corrected chi connectivity index (χ1v) is 5.83. The number of rotatable bonds is 4. The van der Waals surface area contributed by atoms with Crippen molar-refractivity contribution in [1.29, 1.82) is 0 Å². The average Bonchev–Trinajstić information content (AvgIpc) is 2.74. The van der Waals surface area contributed by atoms with Crippen LogP contribution in [-0.4, -0.2) is 48.2 Å². The number of nitrogens with one attached hydrogen (secondary N) is 1. The second kappa shape index (κ2) is 5.35. The number of carboxylic acid groups (broad SMARTS) is 1. The predicted molar refractivity (Wildman–Crippen MR) is 63.5 cm³/mol. The fourth-order valence-corrected chi connectivity index (χ4v) is 1.69. The molecule has 17 heavy (non-hydrogen) atoms. The van der Waals surface area contributed by atoms with Crippen LogP contribution in [0.5, 0.6) is 0 Å². The molecule has 0 spiro atoms. The van der Waals surface area contributed by atoms with Crippen molar-refractivity contribution in [3.63, 3.8) is 0 Å². The van der Waals surface area contributed by atoms with Crippen LogP contribution in [0, 0.1) is 11.3 Å². The Morgan fingerprint density at radius 3 is 2.65 bits per heavy atom. The zero-order valence-corrected chi connectivity index (χ0v) is 10.4. The third-order valence-corrected chi connectivity index (χ3v) is 3.17. The van der Waals surface area contributed by atoms with Crippen LogP contribution in [0.25, 0.3) is 0 Å². The first kappa shape index (κ1) is 13.8. The minimum absolute atomic E-state index is 0.130. The summed E-state index contributed by atoms with van der Waals surface area (Å²) in [6, 6.07) is -0.199. The summed E-state index contributed by atoms with van der Waals surface area (Å²) >= 11 is 0. The zero-order chi connectivity index (χ0) is 13.1. The van der Waals surface area contributed by atoms with Crippen LogP contribution in [-0.2, 0) is 4.79 Å². The smallest absolute Gasteiger partial charge is 0.317 e. The molecule has 0 aromatic carbocycles. The number of hydrogen-bond donors (Lipinski definition) is 3. The predicted octanol–water partition coefficient (Wildman–Crippen LogP) is 0.0874. The van der Waals surface area contributed by atoms with Crippen molar-refractivity contribution in [1.82, 2.24) is 10.2 Å². The lowest BCUT2D eigenvalue weighted by atomic mass is 9.94. The van der Waals surface area contributed by atoms with E-state index >= 15 is 0 Å². The third-order valence-electron chi connectivity index (χ3n) is 3.17. The van der Waals surface area contributed by atoms with Gasteiger partial charge in [-0.15, -0.1) is 0 Å². The topological polar surface area (TPSA) is 95.7 Å². The molecular formula is C11H21N3O3. The van der Waals surface area contributed by atoms with E-state index in [0.29, 0.717) is 25.6 Å². The molecule has 1 unspecified atom stereocenters. The molecule has 1 atom stereocenters. The van der Waals surface area contributed by atoms with Gasteiger partial charge in [-0.05, 0) is 32.7 Å². The minimum atomic E-state index is -0.942. The summed E-state index contributed by atoms with van der Waals surface area (Å²) in [4.78, 5) is 24.3. The van der Waals surface area contributed by atoms with E-state index in [0.717, 1.165) is 6.42 Å². The Bertz CT molecular complexity index is 304. The first-order valence-electron chi connectivity index (χ1n) is 5.83. The Morgan fingerprint density at radius 1 is 1.53 bits per heavy atom. The highest BCUT2D eigenvalue weighted by Crippen LogP contribution is 2.16. The van der Waals surface area contributed by atoms with Gasteiger partial charge in [0.25, 0.3) is 0 Å². The highest BCUT2D eigenvalue weighted by Gasteiger charge is 2.30. The molecule has 4 N–H and O–H groups in total. The fourth-order valence-electron chi connectivity index (χ4n) is 1.69. The van der Waals surface area contributed by atoms with E-state index in [4.69, 9.17) is 10.8 Å². The normalized spacial score (nSPS) is 20.4. The molecule has 6 nitrogen and oxygen atoms in total. The summed E-state index contributed by atoms with van der Waals surface area (Å²) in [5.41, 5.74) is 4.60. The van der Waals surface area contributed by atoms with Gasteiger partial charge in [-0.2, -0.15) is 0 Å². The summed E-state index contributed by atoms with van der Waals surface area (Å²) in [6.07, 6.45) is 0.923. The summed E-state index contributed by atoms with van der Waals surface area (Å²) < 4.78 is 0. The van der Waals surface area contributed by atoms with E-state index in [2.05, 4.69) is 5.32 Å². The molecule has 1 rings (SSSR count). The van der Waals surface area contributed by atoms with E-state index in [-0.39, 0.29) is 12.6 Å². The molecule has 1 aliphatic rings. The van der Waals surface area contributed by atoms with Crippen molar-refractivity contribution in [3.05, 3.63) is 0 Å². The molecular weight excluding hydrogens is 222 g/mol. The molecule has 6 heteroatoms. The SMILES string of the molecule is CC(C)(CNC(=O)N1CCC(CN)C1)C(=O)O. The van der Waals surface area contributed by atoms with Crippen molar-refractivity contribution in [2.45, 2.75) is 20.3 Å². The molecule has 1 fully saturated rings. The number of nitrogens with zero attached hydrogens (tertiary/aromatic N) is 1. The molecule has 0 bridgehead atoms. The molecule has 0 aromatic heterocycles. The number of hydrogen-bond acceptors (Lipinski definition) is 3. The number of likely N-dealkylation sites (tertiary alicyclic amines) is 1. The minimum Gasteiger partial charge on any atom is -0.481 e. The number of aliphatic carboxylic acids is 1. The van der Waals surface area contributed by atoms with Crippen molar-refractivity contribution in [3.8, 4) is 0 Å². The Morgan fingerprint density at radius 2 is 2.18 bits per heavy atom. The Hall–Kier alpha value is -1.30. The van der Waals surface area contributed by atoms with Gasteiger partial charge in [0.05, 0.1) is 5.41 Å². The third kappa shape index (κ3) is 3.59. The number of carbonyl (C=O) groups is 2. The molecule has 0 aromatic rings. The van der Waals surface area contributed by atoms with Crippen molar-refractivity contribution >= 4 is 12.0 Å². The largest absolute Gasteiger partial charge is 0.481 e. The summed E-state index contributed by atoms with van der Waals surface area (Å²) in [5, 5.41) is 11.6. The zero-order valence-electron chi connectivity index (χ0n) is 10.4. The van der Waals surface area contributed by atoms with Crippen LogP contribution in [0.4, 0.5) is 4.79 Å². The lowest BCUT2D eigenvalue weighted by molar-refractivity contribution is -0.146. The van der Waals surface area contributed by atoms with E-state index < -0.39 is 11.4 Å². The summed E-state index contributed by atoms with van der Waals surface area (Å²) in [5.74, 6) is -0.549. The molecule has 0 radical (unpaired) electrons. The van der Waals surface area contributed by atoms with Gasteiger partial charge < -0.3 is 21.1 Å². The second-order valence-corrected chi connectivity index (χ2v) is 5.18. The van der Waals surface area contributed by atoms with Crippen LogP contribution in [0.1, 0.15) is 20.3 Å². The van der Waals surface area contributed by atoms with Crippen molar-refractivity contribution in [2.75, 3.05) is 26.2 Å². The lowest BCUT2D eigenvalue weighted by Gasteiger charge is -2.23. The van der Waals surface area contributed by atoms with Gasteiger partial charge >= 0.3 is 12.0 Å². The maximum Gasteiger partial charge on any atom is 0.317 e. The number of carbonyl (C=O) groups excluding carboxylic acids is 1. The quantitative estimate of drug-likeness (QED) is 0.652. The maximum atomic E-state index is 11.8. The molecule has 0 aliphatic carbocycles. The molecule has 98 valence electrons. The number of amides is 2. The monoisotopic (exact) mass is 243 g/mol. The van der Waals surface area contributed by atoms with Gasteiger partial charge in [0.1, 0.15) is 0 Å². The van der Waals surface area contributed by atoms with E-state index in [9.17, 15) is 9.59 Å². The molecule has 2 amide bonds. The fraction of sp³-hybridized carbons (Fsp3) is 0.818. The summed E-state index contributed by atoms with van der Waals surface area (Å²) in [7, 11) is 0. The summed E-state index contributed by atoms with van der Waals surface area (Å²) in [6.45, 7) is 5.25. The Labute approximate surface area is 101 Å². The molecule has 1 heterocycles. The van der Waals surface area contributed by atoms with Crippen LogP contribution in [0.3, 0.4) is 0 Å². The van der Waals surface area contributed by atoms with Gasteiger partial charge in [-0.3, -0.25) is 4.79 Å². The van der Waals surface area contributed by atoms with Crippen LogP contribution in [0.2, 0.25) is 0 Å². The van der Waals surface area contributed by atoms with Crippen LogP contribution in [0.15, 0.2) is 0 Å². The van der Waals surface area contributed by atoms with E-state index in [1.165, 1.54) is 0 Å². The number of nitrogens with two attached hydrogens (primary N) is 1. The molecule has 1 saturated heterocycles. The number of urea groups is 1. The standard InChI is InChI=1S/C11H21N3O3/c1-11(2,9(15)16)7-13-10(17)14-4-3-8(5-12)6-14/h8H,3-7,12H2,1-2H3,(H,13,17)(H,15,16). The van der Waals surface area contributed by atoms with E-state index in [1.807, 2.05) is 0 Å². The van der Waals surface area contributed by atoms with Gasteiger partial charge in [0, 0.05) is 19.6 Å².